The van der Waals surface area contributed by atoms with E-state index in [0.717, 1.165) is 30.5 Å². The van der Waals surface area contributed by atoms with Crippen LogP contribution in [-0.4, -0.2) is 46.0 Å². The van der Waals surface area contributed by atoms with E-state index in [1.165, 1.54) is 13.0 Å². The summed E-state index contributed by atoms with van der Waals surface area (Å²) in [5.41, 5.74) is 2.02. The molecule has 2 aliphatic rings. The van der Waals surface area contributed by atoms with Gasteiger partial charge in [0.1, 0.15) is 0 Å². The largest absolute Gasteiger partial charge is 0.376 e. The minimum absolute atomic E-state index is 0.00660. The number of aryl methyl sites for hydroxylation is 1. The van der Waals surface area contributed by atoms with Crippen LogP contribution in [0.4, 0.5) is 11.4 Å². The van der Waals surface area contributed by atoms with Crippen LogP contribution in [-0.2, 0) is 26.0 Å². The maximum Gasteiger partial charge on any atom is 0.261 e. The fourth-order valence-electron chi connectivity index (χ4n) is 4.15. The van der Waals surface area contributed by atoms with Crippen molar-refractivity contribution in [3.8, 4) is 0 Å². The highest BCUT2D eigenvalue weighted by Crippen LogP contribution is 2.30. The Kier molecular flexibility index (Phi) is 6.48. The molecule has 0 aliphatic carbocycles. The molecule has 0 unspecified atom stereocenters. The number of carbonyl (C=O) groups excluding carboxylic acids is 2. The van der Waals surface area contributed by atoms with Crippen molar-refractivity contribution in [2.45, 2.75) is 43.6 Å². The minimum atomic E-state index is -3.93. The first-order valence-electron chi connectivity index (χ1n) is 10.8. The standard InChI is InChI=1S/C23H27N3O5S/c1-16(27)26-12-4-6-17-14-19(10-11-22(17)26)32(29,30)25-21-9-3-2-8-20(21)23(28)24-15-18-7-5-13-31-18/h2-3,8-11,14,18,25H,4-7,12-13,15H2,1H3,(H,24,28)/t18-/m1/s1. The molecule has 8 nitrogen and oxygen atoms in total. The molecule has 1 fully saturated rings. The smallest absolute Gasteiger partial charge is 0.261 e. The highest BCUT2D eigenvalue weighted by Gasteiger charge is 2.24. The molecule has 1 atom stereocenters. The molecular weight excluding hydrogens is 430 g/mol. The van der Waals surface area contributed by atoms with Crippen molar-refractivity contribution in [1.29, 1.82) is 0 Å². The lowest BCUT2D eigenvalue weighted by Crippen LogP contribution is -2.33. The van der Waals surface area contributed by atoms with Gasteiger partial charge in [0.2, 0.25) is 5.91 Å². The van der Waals surface area contributed by atoms with E-state index < -0.39 is 10.0 Å². The number of ether oxygens (including phenoxy) is 1. The van der Waals surface area contributed by atoms with E-state index in [0.29, 0.717) is 26.1 Å². The summed E-state index contributed by atoms with van der Waals surface area (Å²) in [6.45, 7) is 3.21. The van der Waals surface area contributed by atoms with E-state index in [1.807, 2.05) is 0 Å². The molecule has 9 heteroatoms. The molecule has 0 bridgehead atoms. The Labute approximate surface area is 188 Å². The number of carbonyl (C=O) groups is 2. The van der Waals surface area contributed by atoms with E-state index in [1.54, 1.807) is 41.3 Å². The summed E-state index contributed by atoms with van der Waals surface area (Å²) in [5, 5.41) is 2.83. The van der Waals surface area contributed by atoms with E-state index in [9.17, 15) is 18.0 Å². The minimum Gasteiger partial charge on any atom is -0.376 e. The Balaban J connectivity index is 1.54. The SMILES string of the molecule is CC(=O)N1CCCc2cc(S(=O)(=O)Nc3ccccc3C(=O)NC[C@H]3CCCO3)ccc21. The molecule has 0 saturated carbocycles. The number of sulfonamides is 1. The molecule has 1 saturated heterocycles. The van der Waals surface area contributed by atoms with Crippen LogP contribution in [0, 0.1) is 0 Å². The van der Waals surface area contributed by atoms with E-state index >= 15 is 0 Å². The number of nitrogens with one attached hydrogen (secondary N) is 2. The van der Waals surface area contributed by atoms with Gasteiger partial charge >= 0.3 is 0 Å². The van der Waals surface area contributed by atoms with Gasteiger partial charge < -0.3 is 15.0 Å². The fraction of sp³-hybridized carbons (Fsp3) is 0.391. The number of hydrogen-bond acceptors (Lipinski definition) is 5. The van der Waals surface area contributed by atoms with Gasteiger partial charge in [-0.3, -0.25) is 14.3 Å². The zero-order valence-electron chi connectivity index (χ0n) is 18.0. The second-order valence-corrected chi connectivity index (χ2v) is 9.74. The first-order chi connectivity index (χ1) is 15.3. The van der Waals surface area contributed by atoms with Crippen molar-refractivity contribution >= 4 is 33.2 Å². The quantitative estimate of drug-likeness (QED) is 0.694. The maximum atomic E-state index is 13.1. The molecule has 2 heterocycles. The van der Waals surface area contributed by atoms with Gasteiger partial charge in [-0.2, -0.15) is 0 Å². The lowest BCUT2D eigenvalue weighted by Gasteiger charge is -2.28. The first-order valence-corrected chi connectivity index (χ1v) is 12.3. The van der Waals surface area contributed by atoms with Crippen LogP contribution >= 0.6 is 0 Å². The zero-order valence-corrected chi connectivity index (χ0v) is 18.8. The normalized spacial score (nSPS) is 18.2. The lowest BCUT2D eigenvalue weighted by molar-refractivity contribution is -0.116. The summed E-state index contributed by atoms with van der Waals surface area (Å²) in [6.07, 6.45) is 3.34. The summed E-state index contributed by atoms with van der Waals surface area (Å²) in [7, 11) is -3.93. The van der Waals surface area contributed by atoms with Gasteiger partial charge in [0.05, 0.1) is 22.3 Å². The average molecular weight is 458 g/mol. The molecule has 0 radical (unpaired) electrons. The number of rotatable bonds is 6. The monoisotopic (exact) mass is 457 g/mol. The van der Waals surface area contributed by atoms with Crippen molar-refractivity contribution in [1.82, 2.24) is 5.32 Å². The number of para-hydroxylation sites is 1. The topological polar surface area (TPSA) is 105 Å². The van der Waals surface area contributed by atoms with Crippen LogP contribution in [0.15, 0.2) is 47.4 Å². The summed E-state index contributed by atoms with van der Waals surface area (Å²) >= 11 is 0. The zero-order chi connectivity index (χ0) is 22.7. The van der Waals surface area contributed by atoms with Crippen molar-refractivity contribution in [3.05, 3.63) is 53.6 Å². The van der Waals surface area contributed by atoms with Gasteiger partial charge in [-0.15, -0.1) is 0 Å². The van der Waals surface area contributed by atoms with E-state index in [2.05, 4.69) is 10.0 Å². The van der Waals surface area contributed by atoms with Crippen molar-refractivity contribution in [2.24, 2.45) is 0 Å². The number of hydrogen-bond donors (Lipinski definition) is 2. The molecule has 4 rings (SSSR count). The van der Waals surface area contributed by atoms with Gasteiger partial charge in [-0.05, 0) is 61.6 Å². The summed E-state index contributed by atoms with van der Waals surface area (Å²) in [4.78, 5) is 26.3. The molecule has 2 aromatic rings. The van der Waals surface area contributed by atoms with E-state index in [4.69, 9.17) is 4.74 Å². The van der Waals surface area contributed by atoms with Crippen LogP contribution < -0.4 is 14.9 Å². The highest BCUT2D eigenvalue weighted by molar-refractivity contribution is 7.92. The third kappa shape index (κ3) is 4.78. The average Bonchev–Trinajstić information content (AvgIpc) is 3.30. The number of anilines is 2. The summed E-state index contributed by atoms with van der Waals surface area (Å²) in [6, 6.07) is 11.3. The Morgan fingerprint density at radius 1 is 1.16 bits per heavy atom. The predicted octanol–water partition coefficient (Wildman–Crippen LogP) is 2.70. The highest BCUT2D eigenvalue weighted by atomic mass is 32.2. The van der Waals surface area contributed by atoms with E-state index in [-0.39, 0.29) is 34.1 Å². The molecule has 2 aromatic carbocycles. The van der Waals surface area contributed by atoms with Crippen LogP contribution in [0.2, 0.25) is 0 Å². The van der Waals surface area contributed by atoms with Gasteiger partial charge in [0.15, 0.2) is 0 Å². The fourth-order valence-corrected chi connectivity index (χ4v) is 5.28. The van der Waals surface area contributed by atoms with Gasteiger partial charge in [0, 0.05) is 32.3 Å². The first kappa shape index (κ1) is 22.3. The van der Waals surface area contributed by atoms with Crippen molar-refractivity contribution < 1.29 is 22.7 Å². The Morgan fingerprint density at radius 2 is 1.97 bits per heavy atom. The number of nitrogens with zero attached hydrogens (tertiary/aromatic N) is 1. The molecule has 2 amide bonds. The maximum absolute atomic E-state index is 13.1. The van der Waals surface area contributed by atoms with Gasteiger partial charge in [-0.1, -0.05) is 12.1 Å². The summed E-state index contributed by atoms with van der Waals surface area (Å²) < 4.78 is 34.3. The van der Waals surface area contributed by atoms with Gasteiger partial charge in [0.25, 0.3) is 15.9 Å². The number of benzene rings is 2. The third-order valence-corrected chi connectivity index (χ3v) is 7.15. The Morgan fingerprint density at radius 3 is 2.72 bits per heavy atom. The van der Waals surface area contributed by atoms with Crippen LogP contribution in [0.5, 0.6) is 0 Å². The van der Waals surface area contributed by atoms with Crippen LogP contribution in [0.3, 0.4) is 0 Å². The third-order valence-electron chi connectivity index (χ3n) is 5.79. The Hall–Kier alpha value is -2.91. The molecule has 32 heavy (non-hydrogen) atoms. The van der Waals surface area contributed by atoms with Crippen molar-refractivity contribution in [2.75, 3.05) is 29.3 Å². The predicted molar refractivity (Wildman–Crippen MR) is 121 cm³/mol. The number of amides is 2. The molecule has 0 aromatic heterocycles. The molecular formula is C23H27N3O5S. The van der Waals surface area contributed by atoms with Crippen LogP contribution in [0.1, 0.15) is 42.1 Å². The van der Waals surface area contributed by atoms with Crippen molar-refractivity contribution in [3.63, 3.8) is 0 Å². The second kappa shape index (κ2) is 9.30. The second-order valence-electron chi connectivity index (χ2n) is 8.06. The number of fused-ring (bicyclic) bond motifs is 1. The lowest BCUT2D eigenvalue weighted by atomic mass is 10.0. The summed E-state index contributed by atoms with van der Waals surface area (Å²) in [5.74, 6) is -0.427. The Bertz CT molecular complexity index is 1130. The molecule has 170 valence electrons. The van der Waals surface area contributed by atoms with Crippen LogP contribution in [0.25, 0.3) is 0 Å². The molecule has 2 N–H and O–H groups in total. The molecule has 2 aliphatic heterocycles. The molecule has 0 spiro atoms. The van der Waals surface area contributed by atoms with Gasteiger partial charge in [-0.25, -0.2) is 8.42 Å².